The molecule has 0 aromatic heterocycles. The number of phenols is 1. The zero-order chi connectivity index (χ0) is 35.4. The zero-order valence-corrected chi connectivity index (χ0v) is 28.5. The first-order valence-electron chi connectivity index (χ1n) is 15.8. The molecule has 0 aliphatic heterocycles. The van der Waals surface area contributed by atoms with E-state index < -0.39 is 65.5 Å². The molecule has 0 bridgehead atoms. The van der Waals surface area contributed by atoms with E-state index >= 15 is 0 Å². The summed E-state index contributed by atoms with van der Waals surface area (Å²) in [6, 6.07) is 10.9. The number of aromatic hydroxyl groups is 1. The van der Waals surface area contributed by atoms with Gasteiger partial charge in [-0.05, 0) is 71.2 Å². The third-order valence-electron chi connectivity index (χ3n) is 6.74. The molecular weight excluding hydrogens is 604 g/mol. The normalized spacial score (nSPS) is 13.4. The summed E-state index contributed by atoms with van der Waals surface area (Å²) in [6.45, 7) is 12.1. The van der Waals surface area contributed by atoms with Gasteiger partial charge in [0.05, 0.1) is 6.42 Å². The van der Waals surface area contributed by atoms with Crippen molar-refractivity contribution in [2.24, 2.45) is 5.73 Å². The number of ether oxygens (including phenoxy) is 2. The van der Waals surface area contributed by atoms with E-state index in [4.69, 9.17) is 15.2 Å². The van der Waals surface area contributed by atoms with Gasteiger partial charge in [-0.25, -0.2) is 9.59 Å². The summed E-state index contributed by atoms with van der Waals surface area (Å²) in [4.78, 5) is 68.1. The Hall–Kier alpha value is -4.61. The minimum Gasteiger partial charge on any atom is -0.508 e. The van der Waals surface area contributed by atoms with E-state index in [1.165, 1.54) is 29.2 Å². The standard InChI is InChI=1S/C35H50N4O8/c1-8-9-13-20-39(31(43)26(22-28(36)41)38-33(45)47-35(5,6)7)29(24-16-18-25(40)19-17-24)30(42)37-27(32(44)46-34(2,3)4)21-23-14-11-10-12-15-23/h10-12,14-19,26-27,29,40H,8-9,13,20-22H2,1-7H3,(H2,36,41)(H,37,42)(H,38,45). The number of alkyl carbamates (subject to hydrolysis) is 1. The molecule has 0 aliphatic rings. The summed E-state index contributed by atoms with van der Waals surface area (Å²) < 4.78 is 11.0. The minimum atomic E-state index is -1.46. The lowest BCUT2D eigenvalue weighted by atomic mass is 9.99. The van der Waals surface area contributed by atoms with Crippen LogP contribution < -0.4 is 16.4 Å². The molecule has 2 aromatic carbocycles. The first kappa shape index (κ1) is 38.6. The highest BCUT2D eigenvalue weighted by Gasteiger charge is 2.38. The number of phenolic OH excluding ortho intramolecular Hbond substituents is 1. The van der Waals surface area contributed by atoms with Crippen molar-refractivity contribution in [3.8, 4) is 5.75 Å². The van der Waals surface area contributed by atoms with Crippen LogP contribution in [-0.2, 0) is 35.1 Å². The van der Waals surface area contributed by atoms with Gasteiger partial charge < -0.3 is 35.8 Å². The smallest absolute Gasteiger partial charge is 0.408 e. The van der Waals surface area contributed by atoms with E-state index in [0.717, 1.165) is 12.0 Å². The van der Waals surface area contributed by atoms with Gasteiger partial charge in [-0.2, -0.15) is 0 Å². The lowest BCUT2D eigenvalue weighted by Gasteiger charge is -2.35. The first-order chi connectivity index (χ1) is 21.9. The average molecular weight is 655 g/mol. The maximum atomic E-state index is 14.4. The van der Waals surface area contributed by atoms with Crippen molar-refractivity contribution in [2.45, 2.75) is 110 Å². The van der Waals surface area contributed by atoms with Crippen molar-refractivity contribution in [2.75, 3.05) is 6.54 Å². The van der Waals surface area contributed by atoms with Gasteiger partial charge in [0.1, 0.15) is 35.1 Å². The summed E-state index contributed by atoms with van der Waals surface area (Å²) in [5, 5.41) is 15.3. The molecule has 0 saturated carbocycles. The maximum Gasteiger partial charge on any atom is 0.408 e. The molecule has 0 aliphatic carbocycles. The number of carbonyl (C=O) groups is 5. The Kier molecular flexibility index (Phi) is 14.2. The van der Waals surface area contributed by atoms with E-state index in [2.05, 4.69) is 10.6 Å². The monoisotopic (exact) mass is 654 g/mol. The van der Waals surface area contributed by atoms with E-state index in [1.54, 1.807) is 41.5 Å². The fourth-order valence-electron chi connectivity index (χ4n) is 4.75. The van der Waals surface area contributed by atoms with Gasteiger partial charge in [-0.15, -0.1) is 0 Å². The fourth-order valence-corrected chi connectivity index (χ4v) is 4.75. The molecule has 0 saturated heterocycles. The highest BCUT2D eigenvalue weighted by Crippen LogP contribution is 2.26. The molecular formula is C35H50N4O8. The Morgan fingerprint density at radius 2 is 1.43 bits per heavy atom. The SMILES string of the molecule is CCCCCN(C(=O)C(CC(N)=O)NC(=O)OC(C)(C)C)C(C(=O)NC(Cc1ccccc1)C(=O)OC(C)(C)C)c1ccc(O)cc1. The molecule has 2 rings (SSSR count). The average Bonchev–Trinajstić information content (AvgIpc) is 2.95. The van der Waals surface area contributed by atoms with Crippen LogP contribution in [0.5, 0.6) is 5.75 Å². The van der Waals surface area contributed by atoms with Gasteiger partial charge in [0, 0.05) is 13.0 Å². The van der Waals surface area contributed by atoms with Crippen molar-refractivity contribution in [1.82, 2.24) is 15.5 Å². The Bertz CT molecular complexity index is 1350. The number of nitrogens with one attached hydrogen (secondary N) is 2. The third-order valence-corrected chi connectivity index (χ3v) is 6.74. The van der Waals surface area contributed by atoms with Crippen molar-refractivity contribution in [3.05, 3.63) is 65.7 Å². The maximum absolute atomic E-state index is 14.4. The number of esters is 1. The Labute approximate surface area is 277 Å². The number of amides is 4. The first-order valence-corrected chi connectivity index (χ1v) is 15.8. The summed E-state index contributed by atoms with van der Waals surface area (Å²) in [5.41, 5.74) is 4.84. The van der Waals surface area contributed by atoms with Crippen LogP contribution in [0, 0.1) is 0 Å². The minimum absolute atomic E-state index is 0.0622. The van der Waals surface area contributed by atoms with E-state index in [1.807, 2.05) is 37.3 Å². The van der Waals surface area contributed by atoms with Crippen molar-refractivity contribution < 1.29 is 38.6 Å². The van der Waals surface area contributed by atoms with E-state index in [0.29, 0.717) is 18.4 Å². The second kappa shape index (κ2) is 17.3. The van der Waals surface area contributed by atoms with Crippen molar-refractivity contribution >= 4 is 29.8 Å². The Balaban J connectivity index is 2.62. The molecule has 12 heteroatoms. The highest BCUT2D eigenvalue weighted by molar-refractivity contribution is 5.95. The second-order valence-electron chi connectivity index (χ2n) is 13.4. The van der Waals surface area contributed by atoms with Crippen molar-refractivity contribution in [3.63, 3.8) is 0 Å². The molecule has 2 aromatic rings. The van der Waals surface area contributed by atoms with Crippen LogP contribution in [0.4, 0.5) is 4.79 Å². The molecule has 12 nitrogen and oxygen atoms in total. The quantitative estimate of drug-likeness (QED) is 0.162. The molecule has 3 unspecified atom stereocenters. The van der Waals surface area contributed by atoms with Gasteiger partial charge in [0.25, 0.3) is 0 Å². The summed E-state index contributed by atoms with van der Waals surface area (Å²) in [7, 11) is 0. The van der Waals surface area contributed by atoms with E-state index in [9.17, 15) is 29.1 Å². The molecule has 0 heterocycles. The second-order valence-corrected chi connectivity index (χ2v) is 13.4. The van der Waals surface area contributed by atoms with Gasteiger partial charge >= 0.3 is 12.1 Å². The van der Waals surface area contributed by atoms with Crippen LogP contribution in [0.3, 0.4) is 0 Å². The van der Waals surface area contributed by atoms with Crippen LogP contribution >= 0.6 is 0 Å². The third kappa shape index (κ3) is 13.7. The lowest BCUT2D eigenvalue weighted by molar-refractivity contribution is -0.159. The lowest BCUT2D eigenvalue weighted by Crippen LogP contribution is -2.55. The highest BCUT2D eigenvalue weighted by atomic mass is 16.6. The molecule has 0 radical (unpaired) electrons. The van der Waals surface area contributed by atoms with Gasteiger partial charge in [0.15, 0.2) is 0 Å². The number of primary amides is 1. The molecule has 5 N–H and O–H groups in total. The van der Waals surface area contributed by atoms with Crippen LogP contribution in [0.1, 0.15) is 91.3 Å². The van der Waals surface area contributed by atoms with E-state index in [-0.39, 0.29) is 18.7 Å². The van der Waals surface area contributed by atoms with Crippen LogP contribution in [-0.4, -0.2) is 69.6 Å². The van der Waals surface area contributed by atoms with Crippen LogP contribution in [0.25, 0.3) is 0 Å². The zero-order valence-electron chi connectivity index (χ0n) is 28.5. The Morgan fingerprint density at radius 1 is 0.830 bits per heavy atom. The Morgan fingerprint density at radius 3 is 1.96 bits per heavy atom. The summed E-state index contributed by atoms with van der Waals surface area (Å²) in [6.07, 6.45) is 0.612. The predicted octanol–water partition coefficient (Wildman–Crippen LogP) is 4.29. The summed E-state index contributed by atoms with van der Waals surface area (Å²) >= 11 is 0. The van der Waals surface area contributed by atoms with Gasteiger partial charge in [-0.1, -0.05) is 62.2 Å². The molecule has 0 spiro atoms. The van der Waals surface area contributed by atoms with Crippen LogP contribution in [0.15, 0.2) is 54.6 Å². The summed E-state index contributed by atoms with van der Waals surface area (Å²) in [5.74, 6) is -3.04. The number of nitrogens with zero attached hydrogens (tertiary/aromatic N) is 1. The van der Waals surface area contributed by atoms with Crippen molar-refractivity contribution in [1.29, 1.82) is 0 Å². The fraction of sp³-hybridized carbons (Fsp3) is 0.514. The molecule has 47 heavy (non-hydrogen) atoms. The van der Waals surface area contributed by atoms with Gasteiger partial charge in [0.2, 0.25) is 17.7 Å². The van der Waals surface area contributed by atoms with Gasteiger partial charge in [-0.3, -0.25) is 14.4 Å². The largest absolute Gasteiger partial charge is 0.508 e. The predicted molar refractivity (Wildman–Crippen MR) is 177 cm³/mol. The number of rotatable bonds is 15. The molecule has 3 atom stereocenters. The number of nitrogens with two attached hydrogens (primary N) is 1. The molecule has 0 fully saturated rings. The number of hydrogen-bond acceptors (Lipinski definition) is 8. The molecule has 258 valence electrons. The number of unbranched alkanes of at least 4 members (excludes halogenated alkanes) is 2. The molecule has 4 amide bonds. The number of hydrogen-bond donors (Lipinski definition) is 4. The van der Waals surface area contributed by atoms with Crippen LogP contribution in [0.2, 0.25) is 0 Å². The number of benzene rings is 2. The topological polar surface area (TPSA) is 177 Å². The number of carbonyl (C=O) groups excluding carboxylic acids is 5.